The molecule has 2 rings (SSSR count). The van der Waals surface area contributed by atoms with Gasteiger partial charge in [0.25, 0.3) is 11.8 Å². The third-order valence-electron chi connectivity index (χ3n) is 3.61. The van der Waals surface area contributed by atoms with Crippen LogP contribution in [0.3, 0.4) is 0 Å². The van der Waals surface area contributed by atoms with E-state index in [-0.39, 0.29) is 37.4 Å². The molecule has 3 amide bonds. The molecule has 0 unspecified atom stereocenters. The van der Waals surface area contributed by atoms with Gasteiger partial charge in [0.2, 0.25) is 5.91 Å². The lowest BCUT2D eigenvalue weighted by Crippen LogP contribution is -2.40. The first-order chi connectivity index (χ1) is 13.1. The molecule has 7 heteroatoms. The Labute approximate surface area is 158 Å². The lowest BCUT2D eigenvalue weighted by Gasteiger charge is -2.09. The Kier molecular flexibility index (Phi) is 7.84. The minimum Gasteiger partial charge on any atom is -0.494 e. The average molecular weight is 369 g/mol. The van der Waals surface area contributed by atoms with Gasteiger partial charge in [-0.15, -0.1) is 0 Å². The molecule has 0 aliphatic rings. The minimum absolute atomic E-state index is 0.124. The number of nitrogens with one attached hydrogen (secondary N) is 3. The van der Waals surface area contributed by atoms with E-state index >= 15 is 0 Å². The molecule has 7 nitrogen and oxygen atoms in total. The number of hydrogen-bond donors (Lipinski definition) is 3. The topological polar surface area (TPSA) is 96.5 Å². The van der Waals surface area contributed by atoms with Gasteiger partial charge in [-0.25, -0.2) is 0 Å². The highest BCUT2D eigenvalue weighted by molar-refractivity contribution is 5.96. The zero-order valence-electron chi connectivity index (χ0n) is 15.2. The predicted octanol–water partition coefficient (Wildman–Crippen LogP) is 1.36. The van der Waals surface area contributed by atoms with Crippen molar-refractivity contribution >= 4 is 17.7 Å². The highest BCUT2D eigenvalue weighted by Crippen LogP contribution is 2.11. The van der Waals surface area contributed by atoms with Gasteiger partial charge in [0.1, 0.15) is 5.75 Å². The maximum atomic E-state index is 12.0. The van der Waals surface area contributed by atoms with Gasteiger partial charge < -0.3 is 20.7 Å². The van der Waals surface area contributed by atoms with Crippen LogP contribution in [0.25, 0.3) is 0 Å². The fourth-order valence-electron chi connectivity index (χ4n) is 2.26. The van der Waals surface area contributed by atoms with Crippen molar-refractivity contribution < 1.29 is 19.1 Å². The number of carbonyl (C=O) groups is 3. The van der Waals surface area contributed by atoms with Gasteiger partial charge in [0, 0.05) is 24.2 Å². The van der Waals surface area contributed by atoms with E-state index in [1.807, 2.05) is 13.0 Å². The molecular weight excluding hydrogens is 346 g/mol. The quantitative estimate of drug-likeness (QED) is 0.582. The Hall–Kier alpha value is -3.35. The number of amides is 3. The summed E-state index contributed by atoms with van der Waals surface area (Å²) < 4.78 is 5.32. The molecule has 0 aromatic heterocycles. The van der Waals surface area contributed by atoms with Crippen molar-refractivity contribution in [3.8, 4) is 5.75 Å². The van der Waals surface area contributed by atoms with Crippen molar-refractivity contribution in [1.82, 2.24) is 16.0 Å². The van der Waals surface area contributed by atoms with Gasteiger partial charge in [-0.3, -0.25) is 14.4 Å². The largest absolute Gasteiger partial charge is 0.494 e. The standard InChI is InChI=1S/C20H23N3O4/c1-2-27-17-10-8-16(9-11-17)19(25)22-13-12-21-18(24)14-23-20(26)15-6-4-3-5-7-15/h3-11H,2,12-14H2,1H3,(H,21,24)(H,22,25)(H,23,26). The molecule has 0 saturated carbocycles. The number of hydrogen-bond acceptors (Lipinski definition) is 4. The third-order valence-corrected chi connectivity index (χ3v) is 3.61. The highest BCUT2D eigenvalue weighted by atomic mass is 16.5. The first-order valence-electron chi connectivity index (χ1n) is 8.71. The highest BCUT2D eigenvalue weighted by Gasteiger charge is 2.08. The molecule has 0 bridgehead atoms. The van der Waals surface area contributed by atoms with Crippen LogP contribution >= 0.6 is 0 Å². The summed E-state index contributed by atoms with van der Waals surface area (Å²) in [6.45, 7) is 2.88. The molecule has 0 saturated heterocycles. The van der Waals surface area contributed by atoms with Crippen LogP contribution in [0.5, 0.6) is 5.75 Å². The van der Waals surface area contributed by atoms with E-state index in [4.69, 9.17) is 4.74 Å². The molecule has 0 aliphatic carbocycles. The maximum absolute atomic E-state index is 12.0. The van der Waals surface area contributed by atoms with Gasteiger partial charge >= 0.3 is 0 Å². The second-order valence-corrected chi connectivity index (χ2v) is 5.61. The summed E-state index contributed by atoms with van der Waals surface area (Å²) in [7, 11) is 0. The van der Waals surface area contributed by atoms with Gasteiger partial charge in [0.05, 0.1) is 13.2 Å². The van der Waals surface area contributed by atoms with Crippen molar-refractivity contribution in [2.45, 2.75) is 6.92 Å². The molecule has 0 heterocycles. The molecule has 142 valence electrons. The third kappa shape index (κ3) is 6.81. The fraction of sp³-hybridized carbons (Fsp3) is 0.250. The summed E-state index contributed by atoms with van der Waals surface area (Å²) in [6.07, 6.45) is 0. The van der Waals surface area contributed by atoms with Crippen LogP contribution in [0.2, 0.25) is 0 Å². The number of ether oxygens (including phenoxy) is 1. The zero-order chi connectivity index (χ0) is 19.5. The van der Waals surface area contributed by atoms with E-state index in [2.05, 4.69) is 16.0 Å². The molecular formula is C20H23N3O4. The number of rotatable bonds is 9. The summed E-state index contributed by atoms with van der Waals surface area (Å²) in [6, 6.07) is 15.5. The lowest BCUT2D eigenvalue weighted by molar-refractivity contribution is -0.120. The van der Waals surface area contributed by atoms with Gasteiger partial charge in [-0.2, -0.15) is 0 Å². The van der Waals surface area contributed by atoms with Crippen LogP contribution in [0.1, 0.15) is 27.6 Å². The normalized spacial score (nSPS) is 9.96. The van der Waals surface area contributed by atoms with Crippen LogP contribution < -0.4 is 20.7 Å². The summed E-state index contributed by atoms with van der Waals surface area (Å²) in [5.74, 6) is -0.160. The van der Waals surface area contributed by atoms with E-state index in [9.17, 15) is 14.4 Å². The Morgan fingerprint density at radius 3 is 2.04 bits per heavy atom. The second-order valence-electron chi connectivity index (χ2n) is 5.61. The predicted molar refractivity (Wildman–Crippen MR) is 102 cm³/mol. The van der Waals surface area contributed by atoms with Crippen molar-refractivity contribution in [3.63, 3.8) is 0 Å². The zero-order valence-corrected chi connectivity index (χ0v) is 15.2. The van der Waals surface area contributed by atoms with Crippen LogP contribution in [0, 0.1) is 0 Å². The summed E-state index contributed by atoms with van der Waals surface area (Å²) in [5, 5.41) is 7.89. The minimum atomic E-state index is -0.324. The molecule has 27 heavy (non-hydrogen) atoms. The second kappa shape index (κ2) is 10.6. The van der Waals surface area contributed by atoms with E-state index in [1.54, 1.807) is 48.5 Å². The lowest BCUT2D eigenvalue weighted by atomic mass is 10.2. The van der Waals surface area contributed by atoms with Crippen LogP contribution in [-0.2, 0) is 4.79 Å². The Morgan fingerprint density at radius 1 is 0.778 bits per heavy atom. The van der Waals surface area contributed by atoms with Gasteiger partial charge in [-0.05, 0) is 43.3 Å². The van der Waals surface area contributed by atoms with Crippen molar-refractivity contribution in [2.24, 2.45) is 0 Å². The molecule has 0 atom stereocenters. The monoisotopic (exact) mass is 369 g/mol. The van der Waals surface area contributed by atoms with E-state index in [1.165, 1.54) is 0 Å². The van der Waals surface area contributed by atoms with Crippen molar-refractivity contribution in [3.05, 3.63) is 65.7 Å². The molecule has 2 aromatic rings. The number of benzene rings is 2. The molecule has 0 fully saturated rings. The molecule has 3 N–H and O–H groups in total. The first kappa shape index (κ1) is 20.0. The first-order valence-corrected chi connectivity index (χ1v) is 8.71. The molecule has 2 aromatic carbocycles. The summed E-state index contributed by atoms with van der Waals surface area (Å²) >= 11 is 0. The molecule has 0 aliphatic heterocycles. The average Bonchev–Trinajstić information content (AvgIpc) is 2.70. The van der Waals surface area contributed by atoms with Gasteiger partial charge in [-0.1, -0.05) is 18.2 Å². The van der Waals surface area contributed by atoms with Crippen molar-refractivity contribution in [1.29, 1.82) is 0 Å². The Morgan fingerprint density at radius 2 is 1.37 bits per heavy atom. The van der Waals surface area contributed by atoms with Crippen LogP contribution in [-0.4, -0.2) is 44.0 Å². The van der Waals surface area contributed by atoms with Crippen molar-refractivity contribution in [2.75, 3.05) is 26.2 Å². The van der Waals surface area contributed by atoms with Crippen LogP contribution in [0.4, 0.5) is 0 Å². The fourth-order valence-corrected chi connectivity index (χ4v) is 2.26. The van der Waals surface area contributed by atoms with Gasteiger partial charge in [0.15, 0.2) is 0 Å². The molecule has 0 radical (unpaired) electrons. The SMILES string of the molecule is CCOc1ccc(C(=O)NCCNC(=O)CNC(=O)c2ccccc2)cc1. The summed E-state index contributed by atoms with van der Waals surface area (Å²) in [4.78, 5) is 35.6. The van der Waals surface area contributed by atoms with Crippen LogP contribution in [0.15, 0.2) is 54.6 Å². The molecule has 0 spiro atoms. The maximum Gasteiger partial charge on any atom is 0.251 e. The van der Waals surface area contributed by atoms with E-state index in [0.29, 0.717) is 23.5 Å². The smallest absolute Gasteiger partial charge is 0.251 e. The van der Waals surface area contributed by atoms with E-state index < -0.39 is 0 Å². The Balaban J connectivity index is 1.63. The summed E-state index contributed by atoms with van der Waals surface area (Å²) in [5.41, 5.74) is 1.01. The van der Waals surface area contributed by atoms with E-state index in [0.717, 1.165) is 0 Å². The number of carbonyl (C=O) groups excluding carboxylic acids is 3. The Bertz CT molecular complexity index is 761.